The van der Waals surface area contributed by atoms with Crippen LogP contribution in [0.1, 0.15) is 12.0 Å². The number of carbonyl (C=O) groups is 1. The second-order valence-corrected chi connectivity index (χ2v) is 9.59. The molecule has 2 aliphatic rings. The third kappa shape index (κ3) is 5.24. The lowest BCUT2D eigenvalue weighted by atomic mass is 10.2. The maximum atomic E-state index is 12.8. The highest BCUT2D eigenvalue weighted by Crippen LogP contribution is 2.38. The Morgan fingerprint density at radius 3 is 2.66 bits per heavy atom. The molecule has 1 saturated heterocycles. The number of nitrogens with one attached hydrogen (secondary N) is 1. The summed E-state index contributed by atoms with van der Waals surface area (Å²) in [5, 5.41) is 3.10. The molecule has 0 saturated carbocycles. The SMILES string of the molecule is O=C(/C=C/c1cc(Cl)c2c(c1)OCCCO2)Nc1cccc(S(=O)(=O)N2CCOCC2)c1. The van der Waals surface area contributed by atoms with Crippen molar-refractivity contribution >= 4 is 39.3 Å². The summed E-state index contributed by atoms with van der Waals surface area (Å²) in [5.74, 6) is 0.634. The van der Waals surface area contributed by atoms with Crippen LogP contribution < -0.4 is 14.8 Å². The maximum absolute atomic E-state index is 12.8. The molecule has 0 spiro atoms. The first kappa shape index (κ1) is 22.6. The molecule has 1 fully saturated rings. The van der Waals surface area contributed by atoms with Crippen LogP contribution in [0.5, 0.6) is 11.5 Å². The Labute approximate surface area is 191 Å². The Hall–Kier alpha value is -2.59. The minimum absolute atomic E-state index is 0.121. The quantitative estimate of drug-likeness (QED) is 0.663. The van der Waals surface area contributed by atoms with E-state index in [0.717, 1.165) is 6.42 Å². The van der Waals surface area contributed by atoms with Crippen LogP contribution in [0.25, 0.3) is 6.08 Å². The Balaban J connectivity index is 1.46. The predicted molar refractivity (Wildman–Crippen MR) is 121 cm³/mol. The molecule has 2 aromatic rings. The van der Waals surface area contributed by atoms with Gasteiger partial charge in [0.2, 0.25) is 15.9 Å². The average molecular weight is 479 g/mol. The fraction of sp³-hybridized carbons (Fsp3) is 0.318. The smallest absolute Gasteiger partial charge is 0.248 e. The molecule has 2 aromatic carbocycles. The lowest BCUT2D eigenvalue weighted by Crippen LogP contribution is -2.40. The van der Waals surface area contributed by atoms with Gasteiger partial charge in [-0.25, -0.2) is 8.42 Å². The number of ether oxygens (including phenoxy) is 3. The highest BCUT2D eigenvalue weighted by Gasteiger charge is 2.26. The maximum Gasteiger partial charge on any atom is 0.248 e. The van der Waals surface area contributed by atoms with Crippen molar-refractivity contribution in [2.75, 3.05) is 44.8 Å². The van der Waals surface area contributed by atoms with Crippen LogP contribution in [0.3, 0.4) is 0 Å². The number of anilines is 1. The Morgan fingerprint density at radius 2 is 1.84 bits per heavy atom. The van der Waals surface area contributed by atoms with Gasteiger partial charge in [-0.15, -0.1) is 0 Å². The minimum Gasteiger partial charge on any atom is -0.489 e. The number of morpholine rings is 1. The van der Waals surface area contributed by atoms with Crippen LogP contribution in [-0.4, -0.2) is 58.1 Å². The van der Waals surface area contributed by atoms with Gasteiger partial charge < -0.3 is 19.5 Å². The van der Waals surface area contributed by atoms with E-state index < -0.39 is 15.9 Å². The predicted octanol–water partition coefficient (Wildman–Crippen LogP) is 3.17. The fourth-order valence-electron chi connectivity index (χ4n) is 3.37. The summed E-state index contributed by atoms with van der Waals surface area (Å²) in [6.45, 7) is 2.40. The van der Waals surface area contributed by atoms with Crippen molar-refractivity contribution in [1.82, 2.24) is 4.31 Å². The van der Waals surface area contributed by atoms with E-state index in [1.165, 1.54) is 22.5 Å². The Kier molecular flexibility index (Phi) is 7.00. The third-order valence-electron chi connectivity index (χ3n) is 4.96. The van der Waals surface area contributed by atoms with E-state index >= 15 is 0 Å². The summed E-state index contributed by atoms with van der Waals surface area (Å²) in [7, 11) is -3.65. The number of carbonyl (C=O) groups excluding carboxylic acids is 1. The first-order chi connectivity index (χ1) is 15.4. The molecule has 2 heterocycles. The standard InChI is InChI=1S/C22H23ClN2O6S/c23-19-13-16(14-20-22(19)31-10-2-9-30-20)5-6-21(26)24-17-3-1-4-18(15-17)32(27,28)25-7-11-29-12-8-25/h1,3-6,13-15H,2,7-12H2,(H,24,26)/b6-5+. The number of hydrogen-bond acceptors (Lipinski definition) is 6. The molecule has 2 aliphatic heterocycles. The van der Waals surface area contributed by atoms with Gasteiger partial charge in [0, 0.05) is 31.3 Å². The summed E-state index contributed by atoms with van der Waals surface area (Å²) in [6.07, 6.45) is 3.71. The van der Waals surface area contributed by atoms with Crippen molar-refractivity contribution in [3.8, 4) is 11.5 Å². The van der Waals surface area contributed by atoms with E-state index in [9.17, 15) is 13.2 Å². The monoisotopic (exact) mass is 478 g/mol. The number of halogens is 1. The van der Waals surface area contributed by atoms with E-state index in [2.05, 4.69) is 5.32 Å². The van der Waals surface area contributed by atoms with Crippen LogP contribution in [0.2, 0.25) is 5.02 Å². The van der Waals surface area contributed by atoms with Gasteiger partial charge in [-0.1, -0.05) is 17.7 Å². The number of hydrogen-bond donors (Lipinski definition) is 1. The summed E-state index contributed by atoms with van der Waals surface area (Å²) in [6, 6.07) is 9.63. The van der Waals surface area contributed by atoms with Crippen molar-refractivity contribution in [3.63, 3.8) is 0 Å². The fourth-order valence-corrected chi connectivity index (χ4v) is 5.10. The topological polar surface area (TPSA) is 94.2 Å². The number of amides is 1. The first-order valence-corrected chi connectivity index (χ1v) is 12.0. The lowest BCUT2D eigenvalue weighted by Gasteiger charge is -2.26. The van der Waals surface area contributed by atoms with Crippen LogP contribution >= 0.6 is 11.6 Å². The Morgan fingerprint density at radius 1 is 1.06 bits per heavy atom. The van der Waals surface area contributed by atoms with Gasteiger partial charge in [-0.3, -0.25) is 4.79 Å². The molecule has 10 heteroatoms. The molecule has 170 valence electrons. The molecular formula is C22H23ClN2O6S. The van der Waals surface area contributed by atoms with E-state index in [4.69, 9.17) is 25.8 Å². The van der Waals surface area contributed by atoms with Gasteiger partial charge in [0.1, 0.15) is 0 Å². The highest BCUT2D eigenvalue weighted by molar-refractivity contribution is 7.89. The van der Waals surface area contributed by atoms with Crippen molar-refractivity contribution in [2.24, 2.45) is 0 Å². The molecule has 4 rings (SSSR count). The van der Waals surface area contributed by atoms with Crippen LogP contribution in [0.4, 0.5) is 5.69 Å². The van der Waals surface area contributed by atoms with Gasteiger partial charge in [0.15, 0.2) is 11.5 Å². The van der Waals surface area contributed by atoms with Gasteiger partial charge in [0.05, 0.1) is 36.3 Å². The Bertz CT molecular complexity index is 1130. The summed E-state index contributed by atoms with van der Waals surface area (Å²) < 4.78 is 43.5. The van der Waals surface area contributed by atoms with Gasteiger partial charge in [-0.05, 0) is 42.0 Å². The number of fused-ring (bicyclic) bond motifs is 1. The highest BCUT2D eigenvalue weighted by atomic mass is 35.5. The zero-order valence-corrected chi connectivity index (χ0v) is 18.8. The summed E-state index contributed by atoms with van der Waals surface area (Å²) in [5.41, 5.74) is 1.06. The van der Waals surface area contributed by atoms with Crippen molar-refractivity contribution in [2.45, 2.75) is 11.3 Å². The molecule has 8 nitrogen and oxygen atoms in total. The third-order valence-corrected chi connectivity index (χ3v) is 7.14. The van der Waals surface area contributed by atoms with Gasteiger partial charge >= 0.3 is 0 Å². The average Bonchev–Trinajstić information content (AvgIpc) is 3.04. The number of nitrogens with zero attached hydrogens (tertiary/aromatic N) is 1. The molecular weight excluding hydrogens is 456 g/mol. The first-order valence-electron chi connectivity index (χ1n) is 10.2. The molecule has 32 heavy (non-hydrogen) atoms. The summed E-state index contributed by atoms with van der Waals surface area (Å²) in [4.78, 5) is 12.5. The molecule has 0 unspecified atom stereocenters. The zero-order chi connectivity index (χ0) is 22.6. The van der Waals surface area contributed by atoms with Crippen molar-refractivity contribution in [1.29, 1.82) is 0 Å². The number of benzene rings is 2. The van der Waals surface area contributed by atoms with Crippen molar-refractivity contribution < 1.29 is 27.4 Å². The molecule has 1 amide bonds. The molecule has 0 atom stereocenters. The second kappa shape index (κ2) is 9.91. The van der Waals surface area contributed by atoms with E-state index in [1.807, 2.05) is 0 Å². The molecule has 0 aromatic heterocycles. The summed E-state index contributed by atoms with van der Waals surface area (Å²) >= 11 is 6.28. The normalized spacial score (nSPS) is 17.2. The minimum atomic E-state index is -3.65. The van der Waals surface area contributed by atoms with Crippen LogP contribution in [0.15, 0.2) is 47.4 Å². The number of rotatable bonds is 5. The second-order valence-electron chi connectivity index (χ2n) is 7.25. The van der Waals surface area contributed by atoms with Crippen molar-refractivity contribution in [3.05, 3.63) is 53.1 Å². The van der Waals surface area contributed by atoms with E-state index in [-0.39, 0.29) is 4.90 Å². The zero-order valence-electron chi connectivity index (χ0n) is 17.3. The van der Waals surface area contributed by atoms with Crippen LogP contribution in [-0.2, 0) is 19.6 Å². The molecule has 0 aliphatic carbocycles. The molecule has 0 bridgehead atoms. The molecule has 0 radical (unpaired) electrons. The lowest BCUT2D eigenvalue weighted by molar-refractivity contribution is -0.111. The van der Waals surface area contributed by atoms with E-state index in [1.54, 1.807) is 30.3 Å². The van der Waals surface area contributed by atoms with Gasteiger partial charge in [0.25, 0.3) is 0 Å². The number of sulfonamides is 1. The molecule has 1 N–H and O–H groups in total. The van der Waals surface area contributed by atoms with Crippen LogP contribution in [0, 0.1) is 0 Å². The van der Waals surface area contributed by atoms with Gasteiger partial charge in [-0.2, -0.15) is 4.31 Å². The van der Waals surface area contributed by atoms with E-state index in [0.29, 0.717) is 67.3 Å². The largest absolute Gasteiger partial charge is 0.489 e.